The van der Waals surface area contributed by atoms with Crippen molar-refractivity contribution in [3.63, 3.8) is 0 Å². The molecule has 0 aliphatic carbocycles. The lowest BCUT2D eigenvalue weighted by molar-refractivity contribution is -0.141. The van der Waals surface area contributed by atoms with Gasteiger partial charge in [-0.2, -0.15) is 0 Å². The number of carbonyl (C=O) groups is 2. The minimum Gasteiger partial charge on any atom is -0.497 e. The van der Waals surface area contributed by atoms with E-state index in [0.717, 1.165) is 16.9 Å². The van der Waals surface area contributed by atoms with Gasteiger partial charge in [0.05, 0.1) is 13.0 Å². The van der Waals surface area contributed by atoms with Gasteiger partial charge in [-0.1, -0.05) is 31.2 Å². The van der Waals surface area contributed by atoms with Crippen molar-refractivity contribution in [2.75, 3.05) is 7.11 Å². The number of hydrogen-bond donors (Lipinski definition) is 2. The maximum Gasteiger partial charge on any atom is 0.306 e. The Labute approximate surface area is 147 Å². The van der Waals surface area contributed by atoms with Gasteiger partial charge in [-0.25, -0.2) is 0 Å². The normalized spacial score (nSPS) is 11.6. The van der Waals surface area contributed by atoms with Gasteiger partial charge in [-0.05, 0) is 48.2 Å². The van der Waals surface area contributed by atoms with E-state index in [1.165, 1.54) is 0 Å². The van der Waals surface area contributed by atoms with Crippen molar-refractivity contribution in [3.05, 3.63) is 65.2 Å². The van der Waals surface area contributed by atoms with Crippen molar-refractivity contribution in [3.8, 4) is 5.75 Å². The molecule has 1 amide bonds. The second-order valence-corrected chi connectivity index (χ2v) is 5.88. The van der Waals surface area contributed by atoms with E-state index in [9.17, 15) is 9.59 Å². The Kier molecular flexibility index (Phi) is 6.57. The summed E-state index contributed by atoms with van der Waals surface area (Å²) in [5.74, 6) is -0.566. The Morgan fingerprint density at radius 1 is 1.04 bits per heavy atom. The average molecular weight is 341 g/mol. The van der Waals surface area contributed by atoms with E-state index in [1.807, 2.05) is 43.3 Å². The van der Waals surface area contributed by atoms with Gasteiger partial charge in [-0.15, -0.1) is 0 Å². The number of aliphatic carboxylic acids is 1. The molecule has 2 aromatic carbocycles. The highest BCUT2D eigenvalue weighted by molar-refractivity contribution is 5.94. The van der Waals surface area contributed by atoms with Crippen LogP contribution < -0.4 is 10.1 Å². The third kappa shape index (κ3) is 5.35. The molecule has 0 bridgehead atoms. The first-order valence-corrected chi connectivity index (χ1v) is 8.26. The van der Waals surface area contributed by atoms with Crippen LogP contribution in [0.1, 0.15) is 34.8 Å². The molecule has 0 aliphatic heterocycles. The van der Waals surface area contributed by atoms with Crippen LogP contribution in [0.2, 0.25) is 0 Å². The number of rotatable bonds is 8. The van der Waals surface area contributed by atoms with Crippen LogP contribution in [0, 0.1) is 5.92 Å². The second kappa shape index (κ2) is 8.87. The van der Waals surface area contributed by atoms with Crippen molar-refractivity contribution in [1.82, 2.24) is 5.32 Å². The van der Waals surface area contributed by atoms with E-state index in [-0.39, 0.29) is 5.91 Å². The summed E-state index contributed by atoms with van der Waals surface area (Å²) in [7, 11) is 1.61. The molecule has 5 nitrogen and oxygen atoms in total. The minimum absolute atomic E-state index is 0.160. The molecular weight excluding hydrogens is 318 g/mol. The number of carboxylic acids is 1. The minimum atomic E-state index is -0.788. The summed E-state index contributed by atoms with van der Waals surface area (Å²) in [5.41, 5.74) is 2.46. The molecule has 2 rings (SSSR count). The third-order valence-electron chi connectivity index (χ3n) is 4.15. The maximum absolute atomic E-state index is 12.2. The highest BCUT2D eigenvalue weighted by atomic mass is 16.5. The summed E-state index contributed by atoms with van der Waals surface area (Å²) in [6, 6.07) is 14.6. The summed E-state index contributed by atoms with van der Waals surface area (Å²) >= 11 is 0. The molecule has 0 heterocycles. The van der Waals surface area contributed by atoms with Crippen molar-refractivity contribution in [1.29, 1.82) is 0 Å². The molecule has 0 spiro atoms. The molecular formula is C20H23NO4. The Hall–Kier alpha value is -2.82. The molecule has 1 atom stereocenters. The van der Waals surface area contributed by atoms with Crippen LogP contribution in [0.25, 0.3) is 0 Å². The van der Waals surface area contributed by atoms with Crippen LogP contribution in [-0.2, 0) is 17.8 Å². The van der Waals surface area contributed by atoms with Crippen LogP contribution in [0.4, 0.5) is 0 Å². The van der Waals surface area contributed by atoms with Crippen molar-refractivity contribution in [2.24, 2.45) is 5.92 Å². The first-order valence-electron chi connectivity index (χ1n) is 8.26. The Morgan fingerprint density at radius 2 is 1.64 bits per heavy atom. The number of nitrogens with one attached hydrogen (secondary N) is 1. The summed E-state index contributed by atoms with van der Waals surface area (Å²) in [4.78, 5) is 23.3. The summed E-state index contributed by atoms with van der Waals surface area (Å²) < 4.78 is 5.10. The maximum atomic E-state index is 12.2. The van der Waals surface area contributed by atoms with Crippen molar-refractivity contribution < 1.29 is 19.4 Å². The van der Waals surface area contributed by atoms with Gasteiger partial charge in [0.15, 0.2) is 0 Å². The molecule has 2 aromatic rings. The van der Waals surface area contributed by atoms with Crippen molar-refractivity contribution >= 4 is 11.9 Å². The van der Waals surface area contributed by atoms with Crippen molar-refractivity contribution in [2.45, 2.75) is 26.3 Å². The monoisotopic (exact) mass is 341 g/mol. The van der Waals surface area contributed by atoms with Crippen LogP contribution in [0.15, 0.2) is 48.5 Å². The first kappa shape index (κ1) is 18.5. The predicted octanol–water partition coefficient (Wildman–Crippen LogP) is 3.28. The van der Waals surface area contributed by atoms with Crippen LogP contribution >= 0.6 is 0 Å². The lowest BCUT2D eigenvalue weighted by atomic mass is 9.96. The van der Waals surface area contributed by atoms with E-state index >= 15 is 0 Å². The fourth-order valence-corrected chi connectivity index (χ4v) is 2.51. The first-order chi connectivity index (χ1) is 12.0. The van der Waals surface area contributed by atoms with E-state index in [0.29, 0.717) is 24.9 Å². The zero-order valence-electron chi connectivity index (χ0n) is 14.5. The molecule has 25 heavy (non-hydrogen) atoms. The molecule has 5 heteroatoms. The average Bonchev–Trinajstić information content (AvgIpc) is 2.64. The number of hydrogen-bond acceptors (Lipinski definition) is 3. The van der Waals surface area contributed by atoms with Gasteiger partial charge in [0.25, 0.3) is 5.91 Å². The van der Waals surface area contributed by atoms with E-state index in [4.69, 9.17) is 9.84 Å². The number of benzene rings is 2. The topological polar surface area (TPSA) is 75.6 Å². The predicted molar refractivity (Wildman–Crippen MR) is 95.7 cm³/mol. The highest BCUT2D eigenvalue weighted by Gasteiger charge is 2.15. The Balaban J connectivity index is 1.92. The summed E-state index contributed by atoms with van der Waals surface area (Å²) in [6.07, 6.45) is 1.05. The molecule has 0 aromatic heterocycles. The fraction of sp³-hybridized carbons (Fsp3) is 0.300. The van der Waals surface area contributed by atoms with E-state index in [2.05, 4.69) is 5.32 Å². The summed E-state index contributed by atoms with van der Waals surface area (Å²) in [5, 5.41) is 12.0. The number of carbonyl (C=O) groups excluding carboxylic acids is 1. The third-order valence-corrected chi connectivity index (χ3v) is 4.15. The van der Waals surface area contributed by atoms with E-state index in [1.54, 1.807) is 19.2 Å². The Morgan fingerprint density at radius 3 is 2.16 bits per heavy atom. The molecule has 132 valence electrons. The number of amides is 1. The van der Waals surface area contributed by atoms with Gasteiger partial charge < -0.3 is 15.2 Å². The fourth-order valence-electron chi connectivity index (χ4n) is 2.51. The van der Waals surface area contributed by atoms with Gasteiger partial charge in [0, 0.05) is 12.1 Å². The number of carboxylic acid groups (broad SMARTS) is 1. The zero-order chi connectivity index (χ0) is 18.2. The molecule has 0 aliphatic rings. The standard InChI is InChI=1S/C20H23NO4/c1-3-16(20(23)24)12-14-4-8-17(9-5-14)19(22)21-13-15-6-10-18(25-2)11-7-15/h4-11,16H,3,12-13H2,1-2H3,(H,21,22)(H,23,24). The quantitative estimate of drug-likeness (QED) is 0.772. The van der Waals surface area contributed by atoms with Gasteiger partial charge in [-0.3, -0.25) is 9.59 Å². The molecule has 0 saturated heterocycles. The number of ether oxygens (including phenoxy) is 1. The lowest BCUT2D eigenvalue weighted by Gasteiger charge is -2.10. The van der Waals surface area contributed by atoms with Gasteiger partial charge in [0.2, 0.25) is 0 Å². The molecule has 1 unspecified atom stereocenters. The van der Waals surface area contributed by atoms with Crippen LogP contribution in [-0.4, -0.2) is 24.1 Å². The van der Waals surface area contributed by atoms with Crippen LogP contribution in [0.5, 0.6) is 5.75 Å². The van der Waals surface area contributed by atoms with E-state index < -0.39 is 11.9 Å². The van der Waals surface area contributed by atoms with Gasteiger partial charge >= 0.3 is 5.97 Å². The molecule has 0 saturated carbocycles. The number of methoxy groups -OCH3 is 1. The second-order valence-electron chi connectivity index (χ2n) is 5.88. The van der Waals surface area contributed by atoms with Gasteiger partial charge in [0.1, 0.15) is 5.75 Å². The lowest BCUT2D eigenvalue weighted by Crippen LogP contribution is -2.22. The molecule has 0 fully saturated rings. The van der Waals surface area contributed by atoms with Crippen LogP contribution in [0.3, 0.4) is 0 Å². The Bertz CT molecular complexity index is 707. The highest BCUT2D eigenvalue weighted by Crippen LogP contribution is 2.14. The largest absolute Gasteiger partial charge is 0.497 e. The molecule has 0 radical (unpaired) electrons. The smallest absolute Gasteiger partial charge is 0.306 e. The zero-order valence-corrected chi connectivity index (χ0v) is 14.5. The summed E-state index contributed by atoms with van der Waals surface area (Å²) in [6.45, 7) is 2.29. The SMILES string of the molecule is CCC(Cc1ccc(C(=O)NCc2ccc(OC)cc2)cc1)C(=O)O. The molecule has 2 N–H and O–H groups in total.